The second-order valence-corrected chi connectivity index (χ2v) is 5.57. The van der Waals surface area contributed by atoms with Gasteiger partial charge in [-0.1, -0.05) is 6.42 Å². The van der Waals surface area contributed by atoms with Crippen molar-refractivity contribution >= 4 is 0 Å². The molecule has 1 aliphatic rings. The van der Waals surface area contributed by atoms with Crippen molar-refractivity contribution in [3.05, 3.63) is 0 Å². The van der Waals surface area contributed by atoms with Crippen LogP contribution in [-0.2, 0) is 0 Å². The standard InChI is InChI=1S/C13H25F3N2/c1-18(2)9-4-3-8-17-12-7-5-6-11(10-12)13(14,15)16/h11-12,17H,3-10H2,1-2H3. The molecular formula is C13H25F3N2. The summed E-state index contributed by atoms with van der Waals surface area (Å²) in [5, 5.41) is 3.28. The molecule has 0 aromatic rings. The molecule has 1 saturated carbocycles. The quantitative estimate of drug-likeness (QED) is 0.743. The Labute approximate surface area is 108 Å². The van der Waals surface area contributed by atoms with Crippen LogP contribution in [0.1, 0.15) is 38.5 Å². The van der Waals surface area contributed by atoms with Gasteiger partial charge in [0.25, 0.3) is 0 Å². The Hall–Kier alpha value is -0.290. The molecule has 2 unspecified atom stereocenters. The molecular weight excluding hydrogens is 241 g/mol. The third kappa shape index (κ3) is 6.05. The highest BCUT2D eigenvalue weighted by atomic mass is 19.4. The SMILES string of the molecule is CN(C)CCCCNC1CCCC(C(F)(F)F)C1. The van der Waals surface area contributed by atoms with E-state index in [4.69, 9.17) is 0 Å². The summed E-state index contributed by atoms with van der Waals surface area (Å²) in [7, 11) is 4.06. The smallest absolute Gasteiger partial charge is 0.314 e. The van der Waals surface area contributed by atoms with Gasteiger partial charge in [-0.3, -0.25) is 0 Å². The maximum absolute atomic E-state index is 12.6. The molecule has 0 aromatic carbocycles. The summed E-state index contributed by atoms with van der Waals surface area (Å²) in [5.74, 6) is -1.09. The van der Waals surface area contributed by atoms with E-state index < -0.39 is 12.1 Å². The third-order valence-electron chi connectivity index (χ3n) is 3.60. The summed E-state index contributed by atoms with van der Waals surface area (Å²) in [6.07, 6.45) is 0.269. The second kappa shape index (κ2) is 7.34. The Kier molecular flexibility index (Phi) is 6.43. The van der Waals surface area contributed by atoms with E-state index in [1.807, 2.05) is 14.1 Å². The zero-order valence-electron chi connectivity index (χ0n) is 11.4. The Bertz CT molecular complexity index is 229. The molecule has 1 rings (SSSR count). The highest BCUT2D eigenvalue weighted by Crippen LogP contribution is 2.37. The zero-order valence-corrected chi connectivity index (χ0v) is 11.4. The van der Waals surface area contributed by atoms with Crippen LogP contribution in [0.15, 0.2) is 0 Å². The van der Waals surface area contributed by atoms with Crippen molar-refractivity contribution in [1.82, 2.24) is 10.2 Å². The molecule has 18 heavy (non-hydrogen) atoms. The van der Waals surface area contributed by atoms with E-state index in [0.29, 0.717) is 12.8 Å². The minimum Gasteiger partial charge on any atom is -0.314 e. The predicted molar refractivity (Wildman–Crippen MR) is 67.6 cm³/mol. The summed E-state index contributed by atoms with van der Waals surface area (Å²) in [6, 6.07) is 0.0599. The van der Waals surface area contributed by atoms with Gasteiger partial charge in [0.2, 0.25) is 0 Å². The van der Waals surface area contributed by atoms with E-state index in [9.17, 15) is 13.2 Å². The molecule has 108 valence electrons. The first-order chi connectivity index (χ1) is 8.39. The lowest BCUT2D eigenvalue weighted by molar-refractivity contribution is -0.183. The van der Waals surface area contributed by atoms with Crippen LogP contribution in [0, 0.1) is 5.92 Å². The molecule has 1 aliphatic carbocycles. The maximum Gasteiger partial charge on any atom is 0.391 e. The molecule has 2 atom stereocenters. The highest BCUT2D eigenvalue weighted by molar-refractivity contribution is 4.81. The van der Waals surface area contributed by atoms with Gasteiger partial charge in [0.05, 0.1) is 5.92 Å². The van der Waals surface area contributed by atoms with Crippen LogP contribution < -0.4 is 5.32 Å². The van der Waals surface area contributed by atoms with Gasteiger partial charge in [0.15, 0.2) is 0 Å². The van der Waals surface area contributed by atoms with Crippen molar-refractivity contribution < 1.29 is 13.2 Å². The van der Waals surface area contributed by atoms with Crippen molar-refractivity contribution in [3.8, 4) is 0 Å². The fraction of sp³-hybridized carbons (Fsp3) is 1.00. The molecule has 1 fully saturated rings. The van der Waals surface area contributed by atoms with E-state index in [-0.39, 0.29) is 12.5 Å². The fourth-order valence-corrected chi connectivity index (χ4v) is 2.53. The Morgan fingerprint density at radius 2 is 1.89 bits per heavy atom. The van der Waals surface area contributed by atoms with E-state index in [1.54, 1.807) is 0 Å². The number of rotatable bonds is 6. The number of hydrogen-bond donors (Lipinski definition) is 1. The molecule has 0 saturated heterocycles. The van der Waals surface area contributed by atoms with Gasteiger partial charge in [0, 0.05) is 6.04 Å². The van der Waals surface area contributed by atoms with Crippen molar-refractivity contribution in [2.24, 2.45) is 5.92 Å². The zero-order chi connectivity index (χ0) is 13.6. The molecule has 0 amide bonds. The van der Waals surface area contributed by atoms with Gasteiger partial charge < -0.3 is 10.2 Å². The van der Waals surface area contributed by atoms with Gasteiger partial charge in [-0.15, -0.1) is 0 Å². The van der Waals surface area contributed by atoms with Crippen LogP contribution in [0.4, 0.5) is 13.2 Å². The van der Waals surface area contributed by atoms with E-state index >= 15 is 0 Å². The minimum atomic E-state index is -4.01. The van der Waals surface area contributed by atoms with Crippen molar-refractivity contribution in [2.45, 2.75) is 50.7 Å². The first-order valence-corrected chi connectivity index (χ1v) is 6.84. The predicted octanol–water partition coefficient (Wildman–Crippen LogP) is 3.04. The van der Waals surface area contributed by atoms with E-state index in [2.05, 4.69) is 10.2 Å². The minimum absolute atomic E-state index is 0.0599. The van der Waals surface area contributed by atoms with Crippen molar-refractivity contribution in [3.63, 3.8) is 0 Å². The van der Waals surface area contributed by atoms with E-state index in [1.165, 1.54) is 0 Å². The second-order valence-electron chi connectivity index (χ2n) is 5.57. The van der Waals surface area contributed by atoms with Gasteiger partial charge in [0.1, 0.15) is 0 Å². The Balaban J connectivity index is 2.15. The van der Waals surface area contributed by atoms with Crippen LogP contribution in [0.25, 0.3) is 0 Å². The molecule has 0 aliphatic heterocycles. The third-order valence-corrected chi connectivity index (χ3v) is 3.60. The van der Waals surface area contributed by atoms with Gasteiger partial charge in [-0.05, 0) is 59.3 Å². The number of hydrogen-bond acceptors (Lipinski definition) is 2. The molecule has 0 spiro atoms. The molecule has 0 bridgehead atoms. The van der Waals surface area contributed by atoms with E-state index in [0.717, 1.165) is 32.4 Å². The van der Waals surface area contributed by atoms with Crippen LogP contribution in [0.5, 0.6) is 0 Å². The average Bonchev–Trinajstić information content (AvgIpc) is 2.27. The summed E-state index contributed by atoms with van der Waals surface area (Å²) < 4.78 is 37.8. The lowest BCUT2D eigenvalue weighted by atomic mass is 9.85. The van der Waals surface area contributed by atoms with Crippen molar-refractivity contribution in [1.29, 1.82) is 0 Å². The molecule has 0 aromatic heterocycles. The van der Waals surface area contributed by atoms with Crippen LogP contribution in [0.2, 0.25) is 0 Å². The number of alkyl halides is 3. The summed E-state index contributed by atoms with van der Waals surface area (Å²) in [5.41, 5.74) is 0. The van der Waals surface area contributed by atoms with Crippen molar-refractivity contribution in [2.75, 3.05) is 27.2 Å². The Morgan fingerprint density at radius 1 is 1.17 bits per heavy atom. The molecule has 0 heterocycles. The number of unbranched alkanes of at least 4 members (excludes halogenated alkanes) is 1. The normalized spacial score (nSPS) is 25.7. The van der Waals surface area contributed by atoms with Crippen LogP contribution >= 0.6 is 0 Å². The molecule has 0 radical (unpaired) electrons. The lowest BCUT2D eigenvalue weighted by Crippen LogP contribution is -2.39. The fourth-order valence-electron chi connectivity index (χ4n) is 2.53. The lowest BCUT2D eigenvalue weighted by Gasteiger charge is -2.31. The maximum atomic E-state index is 12.6. The topological polar surface area (TPSA) is 15.3 Å². The monoisotopic (exact) mass is 266 g/mol. The number of halogens is 3. The summed E-state index contributed by atoms with van der Waals surface area (Å²) in [6.45, 7) is 1.88. The van der Waals surface area contributed by atoms with Gasteiger partial charge in [-0.2, -0.15) is 13.2 Å². The summed E-state index contributed by atoms with van der Waals surface area (Å²) in [4.78, 5) is 2.13. The largest absolute Gasteiger partial charge is 0.391 e. The number of nitrogens with zero attached hydrogens (tertiary/aromatic N) is 1. The average molecular weight is 266 g/mol. The van der Waals surface area contributed by atoms with Crippen LogP contribution in [-0.4, -0.2) is 44.3 Å². The van der Waals surface area contributed by atoms with Gasteiger partial charge >= 0.3 is 6.18 Å². The first kappa shape index (κ1) is 15.8. The summed E-state index contributed by atoms with van der Waals surface area (Å²) >= 11 is 0. The highest BCUT2D eigenvalue weighted by Gasteiger charge is 2.41. The molecule has 1 N–H and O–H groups in total. The molecule has 2 nitrogen and oxygen atoms in total. The van der Waals surface area contributed by atoms with Gasteiger partial charge in [-0.25, -0.2) is 0 Å². The Morgan fingerprint density at radius 3 is 2.50 bits per heavy atom. The molecule has 5 heteroatoms. The van der Waals surface area contributed by atoms with Crippen LogP contribution in [0.3, 0.4) is 0 Å². The number of nitrogens with one attached hydrogen (secondary N) is 1. The first-order valence-electron chi connectivity index (χ1n) is 6.84.